The van der Waals surface area contributed by atoms with Crippen molar-refractivity contribution in [2.24, 2.45) is 0 Å². The number of carbonyl (C=O) groups excluding carboxylic acids is 2. The summed E-state index contributed by atoms with van der Waals surface area (Å²) in [6.45, 7) is 2.73. The zero-order valence-electron chi connectivity index (χ0n) is 12.6. The van der Waals surface area contributed by atoms with Gasteiger partial charge in [0.05, 0.1) is 5.56 Å². The SMILES string of the molecule is CN(C(=O)c1cc2c(cc1F)NC(=O)CC2)C(C)(C)C(=O)O. The summed E-state index contributed by atoms with van der Waals surface area (Å²) in [5, 5.41) is 11.7. The average molecular weight is 308 g/mol. The molecule has 1 aromatic rings. The Morgan fingerprint density at radius 2 is 1.95 bits per heavy atom. The van der Waals surface area contributed by atoms with Gasteiger partial charge in [-0.15, -0.1) is 0 Å². The molecule has 2 N–H and O–H groups in total. The highest BCUT2D eigenvalue weighted by Crippen LogP contribution is 2.27. The standard InChI is InChI=1S/C15H17FN2O4/c1-15(2,14(21)22)18(3)13(20)9-6-8-4-5-12(19)17-11(8)7-10(9)16/h6-7H,4-5H2,1-3H3,(H,17,19)(H,21,22). The number of anilines is 1. The Hall–Kier alpha value is -2.44. The van der Waals surface area contributed by atoms with Crippen molar-refractivity contribution in [2.75, 3.05) is 12.4 Å². The first-order valence-electron chi connectivity index (χ1n) is 6.78. The van der Waals surface area contributed by atoms with Crippen LogP contribution in [0, 0.1) is 5.82 Å². The summed E-state index contributed by atoms with van der Waals surface area (Å²) in [5.41, 5.74) is -0.656. The van der Waals surface area contributed by atoms with Crippen LogP contribution in [0.1, 0.15) is 36.2 Å². The van der Waals surface area contributed by atoms with E-state index >= 15 is 0 Å². The van der Waals surface area contributed by atoms with E-state index in [-0.39, 0.29) is 17.9 Å². The molecule has 0 radical (unpaired) electrons. The summed E-state index contributed by atoms with van der Waals surface area (Å²) >= 11 is 0. The molecule has 22 heavy (non-hydrogen) atoms. The van der Waals surface area contributed by atoms with E-state index in [1.165, 1.54) is 27.0 Å². The van der Waals surface area contributed by atoms with Gasteiger partial charge in [-0.3, -0.25) is 9.59 Å². The van der Waals surface area contributed by atoms with Gasteiger partial charge in [-0.05, 0) is 38.0 Å². The number of carbonyl (C=O) groups is 3. The second-order valence-corrected chi connectivity index (χ2v) is 5.77. The van der Waals surface area contributed by atoms with Crippen LogP contribution in [0.25, 0.3) is 0 Å². The first-order valence-corrected chi connectivity index (χ1v) is 6.78. The maximum absolute atomic E-state index is 14.2. The molecule has 7 heteroatoms. The van der Waals surface area contributed by atoms with Crippen LogP contribution in [0.2, 0.25) is 0 Å². The van der Waals surface area contributed by atoms with Crippen LogP contribution < -0.4 is 5.32 Å². The van der Waals surface area contributed by atoms with E-state index in [1.54, 1.807) is 0 Å². The first kappa shape index (κ1) is 15.9. The molecule has 0 fully saturated rings. The van der Waals surface area contributed by atoms with Gasteiger partial charge >= 0.3 is 5.97 Å². The zero-order chi connectivity index (χ0) is 16.7. The van der Waals surface area contributed by atoms with Gasteiger partial charge in [0, 0.05) is 19.2 Å². The molecule has 0 bridgehead atoms. The molecule has 0 saturated heterocycles. The third-order valence-electron chi connectivity index (χ3n) is 3.99. The van der Waals surface area contributed by atoms with Crippen LogP contribution in [0.5, 0.6) is 0 Å². The van der Waals surface area contributed by atoms with E-state index in [2.05, 4.69) is 5.32 Å². The Labute approximate surface area is 126 Å². The smallest absolute Gasteiger partial charge is 0.329 e. The lowest BCUT2D eigenvalue weighted by Crippen LogP contribution is -2.51. The van der Waals surface area contributed by atoms with Gasteiger partial charge in [-0.2, -0.15) is 0 Å². The van der Waals surface area contributed by atoms with Crippen LogP contribution in [0.3, 0.4) is 0 Å². The largest absolute Gasteiger partial charge is 0.480 e. The number of nitrogens with zero attached hydrogens (tertiary/aromatic N) is 1. The number of hydrogen-bond donors (Lipinski definition) is 2. The van der Waals surface area contributed by atoms with Crippen LogP contribution in [-0.4, -0.2) is 40.4 Å². The summed E-state index contributed by atoms with van der Waals surface area (Å²) in [7, 11) is 1.32. The van der Waals surface area contributed by atoms with Crippen LogP contribution in [0.4, 0.5) is 10.1 Å². The van der Waals surface area contributed by atoms with Gasteiger partial charge in [0.15, 0.2) is 0 Å². The van der Waals surface area contributed by atoms with Crippen molar-refractivity contribution in [3.05, 3.63) is 29.1 Å². The van der Waals surface area contributed by atoms with Crippen LogP contribution >= 0.6 is 0 Å². The second kappa shape index (κ2) is 5.40. The number of nitrogens with one attached hydrogen (secondary N) is 1. The van der Waals surface area contributed by atoms with Gasteiger partial charge in [0.2, 0.25) is 5.91 Å². The van der Waals surface area contributed by atoms with Crippen molar-refractivity contribution in [1.29, 1.82) is 0 Å². The molecule has 1 aliphatic rings. The Kier molecular flexibility index (Phi) is 3.91. The molecule has 118 valence electrons. The number of halogens is 1. The molecular weight excluding hydrogens is 291 g/mol. The molecular formula is C15H17FN2O4. The van der Waals surface area contributed by atoms with E-state index in [4.69, 9.17) is 5.11 Å². The van der Waals surface area contributed by atoms with Gasteiger partial charge in [0.25, 0.3) is 5.91 Å². The molecule has 1 aliphatic heterocycles. The number of carboxylic acids is 1. The number of likely N-dealkylation sites (N-methyl/N-ethyl adjacent to an activating group) is 1. The normalized spacial score (nSPS) is 14.1. The van der Waals surface area contributed by atoms with Gasteiger partial charge in [-0.25, -0.2) is 9.18 Å². The topological polar surface area (TPSA) is 86.7 Å². The number of aliphatic carboxylic acids is 1. The lowest BCUT2D eigenvalue weighted by atomic mass is 9.97. The number of aryl methyl sites for hydroxylation is 1. The van der Waals surface area contributed by atoms with Crippen LogP contribution in [-0.2, 0) is 16.0 Å². The molecule has 0 spiro atoms. The molecule has 2 amide bonds. The lowest BCUT2D eigenvalue weighted by molar-refractivity contribution is -0.147. The van der Waals surface area contributed by atoms with Gasteiger partial charge in [-0.1, -0.05) is 0 Å². The van der Waals surface area contributed by atoms with Crippen molar-refractivity contribution >= 4 is 23.5 Å². The molecule has 0 unspecified atom stereocenters. The number of carboxylic acid groups (broad SMARTS) is 1. The molecule has 0 aromatic heterocycles. The Balaban J connectivity index is 2.39. The summed E-state index contributed by atoms with van der Waals surface area (Å²) < 4.78 is 14.2. The maximum Gasteiger partial charge on any atom is 0.329 e. The summed E-state index contributed by atoms with van der Waals surface area (Å²) in [5.74, 6) is -2.90. The Morgan fingerprint density at radius 1 is 1.32 bits per heavy atom. The number of fused-ring (bicyclic) bond motifs is 1. The van der Waals surface area contributed by atoms with Crippen molar-refractivity contribution in [3.8, 4) is 0 Å². The highest BCUT2D eigenvalue weighted by molar-refractivity contribution is 6.00. The molecule has 6 nitrogen and oxygen atoms in total. The summed E-state index contributed by atoms with van der Waals surface area (Å²) in [6.07, 6.45) is 0.677. The third-order valence-corrected chi connectivity index (χ3v) is 3.99. The second-order valence-electron chi connectivity index (χ2n) is 5.77. The van der Waals surface area contributed by atoms with Crippen molar-refractivity contribution in [2.45, 2.75) is 32.2 Å². The minimum absolute atomic E-state index is 0.199. The molecule has 1 heterocycles. The fourth-order valence-corrected chi connectivity index (χ4v) is 2.14. The molecule has 0 aliphatic carbocycles. The fraction of sp³-hybridized carbons (Fsp3) is 0.400. The molecule has 0 saturated carbocycles. The minimum Gasteiger partial charge on any atom is -0.480 e. The van der Waals surface area contributed by atoms with Crippen molar-refractivity contribution in [3.63, 3.8) is 0 Å². The molecule has 2 rings (SSSR count). The third kappa shape index (κ3) is 2.66. The maximum atomic E-state index is 14.2. The van der Waals surface area contributed by atoms with Crippen LogP contribution in [0.15, 0.2) is 12.1 Å². The van der Waals surface area contributed by atoms with E-state index < -0.39 is 23.2 Å². The number of hydrogen-bond acceptors (Lipinski definition) is 3. The molecule has 0 atom stereocenters. The highest BCUT2D eigenvalue weighted by Gasteiger charge is 2.36. The van der Waals surface area contributed by atoms with E-state index in [0.717, 1.165) is 11.0 Å². The lowest BCUT2D eigenvalue weighted by Gasteiger charge is -2.32. The van der Waals surface area contributed by atoms with Crippen molar-refractivity contribution in [1.82, 2.24) is 4.90 Å². The number of benzene rings is 1. The van der Waals surface area contributed by atoms with Gasteiger partial charge < -0.3 is 15.3 Å². The highest BCUT2D eigenvalue weighted by atomic mass is 19.1. The summed E-state index contributed by atoms with van der Waals surface area (Å²) in [4.78, 5) is 35.9. The monoisotopic (exact) mass is 308 g/mol. The van der Waals surface area contributed by atoms with E-state index in [9.17, 15) is 18.8 Å². The fourth-order valence-electron chi connectivity index (χ4n) is 2.14. The average Bonchev–Trinajstić information content (AvgIpc) is 2.44. The predicted octanol–water partition coefficient (Wildman–Crippen LogP) is 1.65. The summed E-state index contributed by atoms with van der Waals surface area (Å²) in [6, 6.07) is 2.47. The Bertz CT molecular complexity index is 670. The zero-order valence-corrected chi connectivity index (χ0v) is 12.6. The van der Waals surface area contributed by atoms with E-state index in [1.807, 2.05) is 0 Å². The van der Waals surface area contributed by atoms with Gasteiger partial charge in [0.1, 0.15) is 11.4 Å². The quantitative estimate of drug-likeness (QED) is 0.889. The minimum atomic E-state index is -1.46. The molecule has 1 aromatic carbocycles. The Morgan fingerprint density at radius 3 is 2.55 bits per heavy atom. The van der Waals surface area contributed by atoms with E-state index in [0.29, 0.717) is 17.7 Å². The number of rotatable bonds is 3. The van der Waals surface area contributed by atoms with Crippen molar-refractivity contribution < 1.29 is 23.9 Å². The predicted molar refractivity (Wildman–Crippen MR) is 77.2 cm³/mol. The number of amides is 2. The first-order chi connectivity index (χ1) is 10.1.